The predicted octanol–water partition coefficient (Wildman–Crippen LogP) is 4.79. The molecule has 0 aliphatic carbocycles. The van der Waals surface area contributed by atoms with Crippen molar-refractivity contribution in [2.75, 3.05) is 0 Å². The van der Waals surface area contributed by atoms with Gasteiger partial charge in [-0.05, 0) is 25.2 Å². The van der Waals surface area contributed by atoms with Gasteiger partial charge in [0.2, 0.25) is 0 Å². The number of allylic oxidation sites excluding steroid dienone is 2. The minimum Gasteiger partial charge on any atom is -0.481 e. The Morgan fingerprint density at radius 1 is 1.12 bits per heavy atom. The summed E-state index contributed by atoms with van der Waals surface area (Å²) in [5, 5.41) is 8.62. The lowest BCUT2D eigenvalue weighted by atomic mass is 9.99. The standard InChI is InChI=1S/C15H28O2/c1-3-4-5-6-7-8-9-10-11-12-14(2)13-15(16)17/h6-7,14H,3-5,8-13H2,1-2H3,(H,16,17)/b7-6-. The van der Waals surface area contributed by atoms with Crippen molar-refractivity contribution in [2.24, 2.45) is 5.92 Å². The lowest BCUT2D eigenvalue weighted by Gasteiger charge is -2.07. The first-order chi connectivity index (χ1) is 8.16. The summed E-state index contributed by atoms with van der Waals surface area (Å²) in [5.41, 5.74) is 0. The zero-order chi connectivity index (χ0) is 12.9. The molecule has 1 N–H and O–H groups in total. The second-order valence-corrected chi connectivity index (χ2v) is 4.95. The second-order valence-electron chi connectivity index (χ2n) is 4.95. The number of carboxylic acid groups (broad SMARTS) is 1. The molecular formula is C15H28O2. The Hall–Kier alpha value is -0.790. The van der Waals surface area contributed by atoms with Crippen LogP contribution in [0.25, 0.3) is 0 Å². The lowest BCUT2D eigenvalue weighted by Crippen LogP contribution is -2.03. The molecular weight excluding hydrogens is 212 g/mol. The molecule has 0 amide bonds. The molecule has 0 saturated carbocycles. The van der Waals surface area contributed by atoms with Crippen LogP contribution in [0.15, 0.2) is 12.2 Å². The van der Waals surface area contributed by atoms with Crippen LogP contribution in [0, 0.1) is 5.92 Å². The second kappa shape index (κ2) is 11.7. The number of hydrogen-bond acceptors (Lipinski definition) is 1. The largest absolute Gasteiger partial charge is 0.481 e. The first-order valence-electron chi connectivity index (χ1n) is 7.03. The van der Waals surface area contributed by atoms with E-state index in [0.717, 1.165) is 12.8 Å². The van der Waals surface area contributed by atoms with Crippen LogP contribution in [0.2, 0.25) is 0 Å². The van der Waals surface area contributed by atoms with E-state index in [-0.39, 0.29) is 0 Å². The van der Waals surface area contributed by atoms with Crippen molar-refractivity contribution in [3.8, 4) is 0 Å². The van der Waals surface area contributed by atoms with Crippen LogP contribution in [0.5, 0.6) is 0 Å². The van der Waals surface area contributed by atoms with Crippen molar-refractivity contribution < 1.29 is 9.90 Å². The summed E-state index contributed by atoms with van der Waals surface area (Å²) in [6.45, 7) is 4.24. The van der Waals surface area contributed by atoms with Gasteiger partial charge in [0.1, 0.15) is 0 Å². The van der Waals surface area contributed by atoms with Crippen LogP contribution in [0.3, 0.4) is 0 Å². The zero-order valence-electron chi connectivity index (χ0n) is 11.5. The summed E-state index contributed by atoms with van der Waals surface area (Å²) in [6, 6.07) is 0. The molecule has 0 radical (unpaired) electrons. The van der Waals surface area contributed by atoms with Gasteiger partial charge in [-0.3, -0.25) is 4.79 Å². The number of carbonyl (C=O) groups is 1. The van der Waals surface area contributed by atoms with Gasteiger partial charge in [0.05, 0.1) is 0 Å². The van der Waals surface area contributed by atoms with Crippen LogP contribution in [-0.2, 0) is 4.79 Å². The van der Waals surface area contributed by atoms with Crippen molar-refractivity contribution >= 4 is 5.97 Å². The van der Waals surface area contributed by atoms with Gasteiger partial charge >= 0.3 is 5.97 Å². The maximum Gasteiger partial charge on any atom is 0.303 e. The quantitative estimate of drug-likeness (QED) is 0.416. The normalized spacial score (nSPS) is 13.1. The van der Waals surface area contributed by atoms with Crippen molar-refractivity contribution in [1.82, 2.24) is 0 Å². The van der Waals surface area contributed by atoms with E-state index in [2.05, 4.69) is 19.1 Å². The first kappa shape index (κ1) is 16.2. The average Bonchev–Trinajstić information content (AvgIpc) is 2.26. The van der Waals surface area contributed by atoms with Gasteiger partial charge in [-0.1, -0.05) is 58.1 Å². The Morgan fingerprint density at radius 2 is 1.76 bits per heavy atom. The summed E-state index contributed by atoms with van der Waals surface area (Å²) in [6.07, 6.45) is 14.5. The molecule has 1 atom stereocenters. The van der Waals surface area contributed by atoms with Gasteiger partial charge in [-0.25, -0.2) is 0 Å². The molecule has 0 heterocycles. The molecule has 0 fully saturated rings. The van der Waals surface area contributed by atoms with Gasteiger partial charge in [0.25, 0.3) is 0 Å². The highest BCUT2D eigenvalue weighted by molar-refractivity contribution is 5.66. The monoisotopic (exact) mass is 240 g/mol. The van der Waals surface area contributed by atoms with Crippen molar-refractivity contribution in [1.29, 1.82) is 0 Å². The van der Waals surface area contributed by atoms with E-state index in [4.69, 9.17) is 5.11 Å². The molecule has 0 aliphatic rings. The van der Waals surface area contributed by atoms with Crippen LogP contribution >= 0.6 is 0 Å². The number of carboxylic acids is 1. The molecule has 17 heavy (non-hydrogen) atoms. The van der Waals surface area contributed by atoms with Crippen LogP contribution < -0.4 is 0 Å². The maximum absolute atomic E-state index is 10.5. The zero-order valence-corrected chi connectivity index (χ0v) is 11.5. The highest BCUT2D eigenvalue weighted by Crippen LogP contribution is 2.13. The fourth-order valence-corrected chi connectivity index (χ4v) is 1.89. The minimum absolute atomic E-state index is 0.316. The molecule has 0 bridgehead atoms. The summed E-state index contributed by atoms with van der Waals surface area (Å²) < 4.78 is 0. The summed E-state index contributed by atoms with van der Waals surface area (Å²) in [4.78, 5) is 10.5. The maximum atomic E-state index is 10.5. The van der Waals surface area contributed by atoms with Gasteiger partial charge in [0.15, 0.2) is 0 Å². The van der Waals surface area contributed by atoms with Crippen LogP contribution in [-0.4, -0.2) is 11.1 Å². The predicted molar refractivity (Wildman–Crippen MR) is 73.2 cm³/mol. The fraction of sp³-hybridized carbons (Fsp3) is 0.800. The Balaban J connectivity index is 3.23. The van der Waals surface area contributed by atoms with E-state index in [1.807, 2.05) is 6.92 Å². The Morgan fingerprint density at radius 3 is 2.35 bits per heavy atom. The molecule has 0 rings (SSSR count). The highest BCUT2D eigenvalue weighted by Gasteiger charge is 2.06. The van der Waals surface area contributed by atoms with Gasteiger partial charge in [-0.2, -0.15) is 0 Å². The third-order valence-corrected chi connectivity index (χ3v) is 2.98. The number of rotatable bonds is 11. The molecule has 0 aliphatic heterocycles. The van der Waals surface area contributed by atoms with Crippen molar-refractivity contribution in [2.45, 2.75) is 71.6 Å². The highest BCUT2D eigenvalue weighted by atomic mass is 16.4. The number of unbranched alkanes of at least 4 members (excludes halogenated alkanes) is 5. The molecule has 2 nitrogen and oxygen atoms in total. The first-order valence-corrected chi connectivity index (χ1v) is 7.03. The van der Waals surface area contributed by atoms with Gasteiger partial charge in [0, 0.05) is 6.42 Å². The van der Waals surface area contributed by atoms with Crippen molar-refractivity contribution in [3.63, 3.8) is 0 Å². The summed E-state index contributed by atoms with van der Waals surface area (Å²) in [5.74, 6) is -0.344. The Kier molecular flexibility index (Phi) is 11.1. The minimum atomic E-state index is -0.670. The number of hydrogen-bond donors (Lipinski definition) is 1. The van der Waals surface area contributed by atoms with Crippen molar-refractivity contribution in [3.05, 3.63) is 12.2 Å². The Bertz CT molecular complexity index is 209. The van der Waals surface area contributed by atoms with E-state index in [9.17, 15) is 4.79 Å². The van der Waals surface area contributed by atoms with Gasteiger partial charge < -0.3 is 5.11 Å². The molecule has 0 aromatic rings. The molecule has 100 valence electrons. The smallest absolute Gasteiger partial charge is 0.303 e. The van der Waals surface area contributed by atoms with Gasteiger partial charge in [-0.15, -0.1) is 0 Å². The molecule has 0 aromatic carbocycles. The average molecular weight is 240 g/mol. The fourth-order valence-electron chi connectivity index (χ4n) is 1.89. The topological polar surface area (TPSA) is 37.3 Å². The lowest BCUT2D eigenvalue weighted by molar-refractivity contribution is -0.138. The molecule has 0 aromatic heterocycles. The van der Waals surface area contributed by atoms with Crippen LogP contribution in [0.4, 0.5) is 0 Å². The third-order valence-electron chi connectivity index (χ3n) is 2.98. The molecule has 0 saturated heterocycles. The number of aliphatic carboxylic acids is 1. The SMILES string of the molecule is CCCC/C=C\CCCCCC(C)CC(=O)O. The Labute approximate surface area is 106 Å². The van der Waals surface area contributed by atoms with E-state index < -0.39 is 5.97 Å². The molecule has 0 spiro atoms. The van der Waals surface area contributed by atoms with Crippen LogP contribution in [0.1, 0.15) is 71.6 Å². The third kappa shape index (κ3) is 13.1. The van der Waals surface area contributed by atoms with E-state index >= 15 is 0 Å². The molecule has 1 unspecified atom stereocenters. The van der Waals surface area contributed by atoms with E-state index in [1.54, 1.807) is 0 Å². The summed E-state index contributed by atoms with van der Waals surface area (Å²) >= 11 is 0. The molecule has 2 heteroatoms. The summed E-state index contributed by atoms with van der Waals surface area (Å²) in [7, 11) is 0. The van der Waals surface area contributed by atoms with E-state index in [0.29, 0.717) is 12.3 Å². The van der Waals surface area contributed by atoms with E-state index in [1.165, 1.54) is 38.5 Å².